The first-order valence-corrected chi connectivity index (χ1v) is 6.70. The SMILES string of the molecule is Cn1nccc1Nc1cccc(Cl)c1C1(C(=O)O)CC1. The molecule has 0 amide bonds. The fourth-order valence-electron chi connectivity index (χ4n) is 2.45. The van der Waals surface area contributed by atoms with E-state index >= 15 is 0 Å². The highest BCUT2D eigenvalue weighted by Gasteiger charge is 2.54. The number of rotatable bonds is 4. The number of aromatic nitrogens is 2. The van der Waals surface area contributed by atoms with E-state index in [1.165, 1.54) is 0 Å². The second kappa shape index (κ2) is 4.52. The molecule has 1 aliphatic carbocycles. The molecule has 6 heteroatoms. The summed E-state index contributed by atoms with van der Waals surface area (Å²) in [5, 5.41) is 17.3. The van der Waals surface area contributed by atoms with Crippen molar-refractivity contribution in [3.05, 3.63) is 41.0 Å². The monoisotopic (exact) mass is 291 g/mol. The standard InChI is InChI=1S/C14H14ClN3O2/c1-18-11(5-8-16-18)17-10-4-2-3-9(15)12(10)14(6-7-14)13(19)20/h2-5,8,17H,6-7H2,1H3,(H,19,20). The normalized spacial score (nSPS) is 15.9. The molecule has 0 unspecified atom stereocenters. The van der Waals surface area contributed by atoms with E-state index in [-0.39, 0.29) is 0 Å². The van der Waals surface area contributed by atoms with Gasteiger partial charge in [-0.2, -0.15) is 5.10 Å². The number of carboxylic acids is 1. The summed E-state index contributed by atoms with van der Waals surface area (Å²) in [4.78, 5) is 11.6. The fourth-order valence-corrected chi connectivity index (χ4v) is 2.80. The summed E-state index contributed by atoms with van der Waals surface area (Å²) in [7, 11) is 1.82. The maximum Gasteiger partial charge on any atom is 0.314 e. The van der Waals surface area contributed by atoms with Crippen molar-refractivity contribution in [1.82, 2.24) is 9.78 Å². The van der Waals surface area contributed by atoms with E-state index in [4.69, 9.17) is 11.6 Å². The van der Waals surface area contributed by atoms with Crippen molar-refractivity contribution in [3.63, 3.8) is 0 Å². The predicted octanol–water partition coefficient (Wildman–Crippen LogP) is 2.93. The molecule has 0 bridgehead atoms. The maximum absolute atomic E-state index is 11.6. The first kappa shape index (κ1) is 13.0. The molecule has 1 aliphatic rings. The minimum atomic E-state index is -0.848. The van der Waals surface area contributed by atoms with Crippen LogP contribution in [0.4, 0.5) is 11.5 Å². The number of nitrogens with one attached hydrogen (secondary N) is 1. The van der Waals surface area contributed by atoms with Crippen molar-refractivity contribution in [3.8, 4) is 0 Å². The van der Waals surface area contributed by atoms with Gasteiger partial charge in [0.15, 0.2) is 0 Å². The lowest BCUT2D eigenvalue weighted by atomic mass is 9.94. The molecule has 0 saturated heterocycles. The van der Waals surface area contributed by atoms with E-state index in [1.54, 1.807) is 16.9 Å². The molecule has 3 rings (SSSR count). The van der Waals surface area contributed by atoms with Crippen LogP contribution in [0.25, 0.3) is 0 Å². The molecule has 0 atom stereocenters. The van der Waals surface area contributed by atoms with Gasteiger partial charge < -0.3 is 10.4 Å². The molecule has 0 aliphatic heterocycles. The smallest absolute Gasteiger partial charge is 0.314 e. The third-order valence-electron chi connectivity index (χ3n) is 3.74. The van der Waals surface area contributed by atoms with Crippen molar-refractivity contribution in [2.45, 2.75) is 18.3 Å². The Morgan fingerprint density at radius 2 is 2.20 bits per heavy atom. The van der Waals surface area contributed by atoms with E-state index in [1.807, 2.05) is 25.2 Å². The number of aryl methyl sites for hydroxylation is 1. The molecular formula is C14H14ClN3O2. The van der Waals surface area contributed by atoms with Crippen LogP contribution in [0.3, 0.4) is 0 Å². The molecule has 2 aromatic rings. The van der Waals surface area contributed by atoms with Crippen LogP contribution >= 0.6 is 11.6 Å². The van der Waals surface area contributed by atoms with Crippen LogP contribution in [0, 0.1) is 0 Å². The first-order valence-electron chi connectivity index (χ1n) is 6.32. The zero-order chi connectivity index (χ0) is 14.3. The maximum atomic E-state index is 11.6. The summed E-state index contributed by atoms with van der Waals surface area (Å²) >= 11 is 6.25. The molecule has 5 nitrogen and oxygen atoms in total. The molecule has 0 spiro atoms. The van der Waals surface area contributed by atoms with Gasteiger partial charge in [0.1, 0.15) is 5.82 Å². The average molecular weight is 292 g/mol. The Morgan fingerprint density at radius 3 is 2.75 bits per heavy atom. The summed E-state index contributed by atoms with van der Waals surface area (Å²) in [6.07, 6.45) is 2.91. The Balaban J connectivity index is 2.06. The van der Waals surface area contributed by atoms with Crippen molar-refractivity contribution in [2.24, 2.45) is 7.05 Å². The minimum absolute atomic E-state index is 0.483. The lowest BCUT2D eigenvalue weighted by Crippen LogP contribution is -2.21. The molecule has 0 radical (unpaired) electrons. The Bertz CT molecular complexity index is 677. The van der Waals surface area contributed by atoms with E-state index in [0.29, 0.717) is 23.4 Å². The predicted molar refractivity (Wildman–Crippen MR) is 76.5 cm³/mol. The molecule has 1 aromatic heterocycles. The number of hydrogen-bond acceptors (Lipinski definition) is 3. The van der Waals surface area contributed by atoms with Crippen LogP contribution < -0.4 is 5.32 Å². The quantitative estimate of drug-likeness (QED) is 0.909. The third-order valence-corrected chi connectivity index (χ3v) is 4.05. The molecule has 2 N–H and O–H groups in total. The second-order valence-corrected chi connectivity index (χ2v) is 5.42. The summed E-state index contributed by atoms with van der Waals surface area (Å²) in [5.41, 5.74) is 0.538. The summed E-state index contributed by atoms with van der Waals surface area (Å²) < 4.78 is 1.69. The number of benzene rings is 1. The molecule has 1 heterocycles. The number of aliphatic carboxylic acids is 1. The van der Waals surface area contributed by atoms with Gasteiger partial charge in [0, 0.05) is 29.4 Å². The van der Waals surface area contributed by atoms with E-state index in [0.717, 1.165) is 11.5 Å². The summed E-state index contributed by atoms with van der Waals surface area (Å²) in [6, 6.07) is 7.21. The highest BCUT2D eigenvalue weighted by molar-refractivity contribution is 6.32. The molecule has 1 fully saturated rings. The Morgan fingerprint density at radius 1 is 1.45 bits per heavy atom. The molecule has 1 saturated carbocycles. The van der Waals surface area contributed by atoms with Gasteiger partial charge in [-0.15, -0.1) is 0 Å². The van der Waals surface area contributed by atoms with Crippen LogP contribution in [0.2, 0.25) is 5.02 Å². The summed E-state index contributed by atoms with van der Waals surface area (Å²) in [6.45, 7) is 0. The van der Waals surface area contributed by atoms with Crippen LogP contribution in [-0.2, 0) is 17.3 Å². The third kappa shape index (κ3) is 1.94. The van der Waals surface area contributed by atoms with E-state index in [9.17, 15) is 9.90 Å². The number of halogens is 1. The molecule has 104 valence electrons. The van der Waals surface area contributed by atoms with E-state index in [2.05, 4.69) is 10.4 Å². The van der Waals surface area contributed by atoms with Crippen molar-refractivity contribution >= 4 is 29.1 Å². The Kier molecular flexibility index (Phi) is 2.94. The van der Waals surface area contributed by atoms with Crippen molar-refractivity contribution < 1.29 is 9.90 Å². The van der Waals surface area contributed by atoms with Crippen molar-refractivity contribution in [2.75, 3.05) is 5.32 Å². The van der Waals surface area contributed by atoms with Crippen molar-refractivity contribution in [1.29, 1.82) is 0 Å². The largest absolute Gasteiger partial charge is 0.481 e. The van der Waals surface area contributed by atoms with Gasteiger partial charge in [-0.05, 0) is 25.0 Å². The number of nitrogens with zero attached hydrogens (tertiary/aromatic N) is 2. The van der Waals surface area contributed by atoms with Gasteiger partial charge >= 0.3 is 5.97 Å². The van der Waals surface area contributed by atoms with E-state index < -0.39 is 11.4 Å². The average Bonchev–Trinajstić information content (AvgIpc) is 3.10. The van der Waals surface area contributed by atoms with Gasteiger partial charge in [-0.1, -0.05) is 17.7 Å². The number of anilines is 2. The lowest BCUT2D eigenvalue weighted by Gasteiger charge is -2.18. The van der Waals surface area contributed by atoms with Crippen LogP contribution in [0.15, 0.2) is 30.5 Å². The highest BCUT2D eigenvalue weighted by atomic mass is 35.5. The fraction of sp³-hybridized carbons (Fsp3) is 0.286. The van der Waals surface area contributed by atoms with Gasteiger partial charge in [-0.25, -0.2) is 0 Å². The second-order valence-electron chi connectivity index (χ2n) is 5.01. The Hall–Kier alpha value is -2.01. The van der Waals surface area contributed by atoms with Crippen LogP contribution in [0.5, 0.6) is 0 Å². The van der Waals surface area contributed by atoms with Gasteiger partial charge in [0.25, 0.3) is 0 Å². The van der Waals surface area contributed by atoms with Crippen LogP contribution in [0.1, 0.15) is 18.4 Å². The molecule has 20 heavy (non-hydrogen) atoms. The minimum Gasteiger partial charge on any atom is -0.481 e. The Labute approximate surface area is 121 Å². The lowest BCUT2D eigenvalue weighted by molar-refractivity contribution is -0.140. The zero-order valence-electron chi connectivity index (χ0n) is 10.9. The van der Waals surface area contributed by atoms with Crippen LogP contribution in [-0.4, -0.2) is 20.9 Å². The number of hydrogen-bond donors (Lipinski definition) is 2. The van der Waals surface area contributed by atoms with Gasteiger partial charge in [0.2, 0.25) is 0 Å². The number of carbonyl (C=O) groups is 1. The zero-order valence-corrected chi connectivity index (χ0v) is 11.7. The topological polar surface area (TPSA) is 67.2 Å². The van der Waals surface area contributed by atoms with Gasteiger partial charge in [-0.3, -0.25) is 9.48 Å². The number of carboxylic acid groups (broad SMARTS) is 1. The molecule has 1 aromatic carbocycles. The molecular weight excluding hydrogens is 278 g/mol. The van der Waals surface area contributed by atoms with Gasteiger partial charge in [0.05, 0.1) is 11.6 Å². The summed E-state index contributed by atoms with van der Waals surface area (Å²) in [5.74, 6) is -0.0339. The highest BCUT2D eigenvalue weighted by Crippen LogP contribution is 2.53. The first-order chi connectivity index (χ1) is 9.54.